The van der Waals surface area contributed by atoms with Crippen LogP contribution in [0.3, 0.4) is 0 Å². The van der Waals surface area contributed by atoms with Crippen LogP contribution in [0, 0.1) is 5.92 Å². The van der Waals surface area contributed by atoms with E-state index in [1.165, 1.54) is 51.7 Å². The van der Waals surface area contributed by atoms with Gasteiger partial charge in [0.25, 0.3) is 0 Å². The first-order valence-corrected chi connectivity index (χ1v) is 6.75. The summed E-state index contributed by atoms with van der Waals surface area (Å²) in [5.41, 5.74) is 0. The highest BCUT2D eigenvalue weighted by Gasteiger charge is 2.27. The van der Waals surface area contributed by atoms with E-state index in [0.29, 0.717) is 6.04 Å². The Morgan fingerprint density at radius 2 is 1.93 bits per heavy atom. The second kappa shape index (κ2) is 5.31. The Labute approximate surface area is 94.4 Å². The van der Waals surface area contributed by atoms with E-state index in [-0.39, 0.29) is 0 Å². The van der Waals surface area contributed by atoms with Crippen LogP contribution in [0.4, 0.5) is 0 Å². The summed E-state index contributed by atoms with van der Waals surface area (Å²) in [6, 6.07) is 1.50. The third kappa shape index (κ3) is 2.94. The fourth-order valence-corrected chi connectivity index (χ4v) is 3.25. The summed E-state index contributed by atoms with van der Waals surface area (Å²) in [6.07, 6.45) is 7.35. The Bertz CT molecular complexity index is 187. The molecule has 0 radical (unpaired) electrons. The summed E-state index contributed by atoms with van der Waals surface area (Å²) in [4.78, 5) is 2.71. The van der Waals surface area contributed by atoms with E-state index in [1.54, 1.807) is 0 Å². The third-order valence-electron chi connectivity index (χ3n) is 4.31. The van der Waals surface area contributed by atoms with E-state index in [0.717, 1.165) is 12.0 Å². The molecule has 1 N–H and O–H groups in total. The van der Waals surface area contributed by atoms with Crippen LogP contribution in [0.25, 0.3) is 0 Å². The molecule has 88 valence electrons. The van der Waals surface area contributed by atoms with E-state index in [2.05, 4.69) is 24.1 Å². The predicted octanol–water partition coefficient (Wildman–Crippen LogP) is 2.25. The topological polar surface area (TPSA) is 15.3 Å². The zero-order chi connectivity index (χ0) is 10.7. The summed E-state index contributed by atoms with van der Waals surface area (Å²) in [6.45, 7) is 8.44. The summed E-state index contributed by atoms with van der Waals surface area (Å²) in [5.74, 6) is 0.976. The molecule has 0 aromatic rings. The van der Waals surface area contributed by atoms with Gasteiger partial charge < -0.3 is 5.32 Å². The number of nitrogens with one attached hydrogen (secondary N) is 1. The lowest BCUT2D eigenvalue weighted by Crippen LogP contribution is -2.53. The van der Waals surface area contributed by atoms with E-state index in [1.807, 2.05) is 0 Å². The first-order valence-electron chi connectivity index (χ1n) is 6.75. The van der Waals surface area contributed by atoms with E-state index in [9.17, 15) is 0 Å². The van der Waals surface area contributed by atoms with Crippen LogP contribution in [-0.2, 0) is 0 Å². The predicted molar refractivity (Wildman–Crippen MR) is 65.1 cm³/mol. The minimum absolute atomic E-state index is 0.685. The molecular formula is C13H26N2. The second-order valence-electron chi connectivity index (χ2n) is 5.49. The van der Waals surface area contributed by atoms with Gasteiger partial charge in [-0.15, -0.1) is 0 Å². The van der Waals surface area contributed by atoms with Crippen molar-refractivity contribution in [3.63, 3.8) is 0 Å². The lowest BCUT2D eigenvalue weighted by molar-refractivity contribution is 0.1000. The van der Waals surface area contributed by atoms with Crippen LogP contribution in [0.5, 0.6) is 0 Å². The van der Waals surface area contributed by atoms with Crippen molar-refractivity contribution in [1.29, 1.82) is 0 Å². The number of hydrogen-bond donors (Lipinski definition) is 1. The van der Waals surface area contributed by atoms with Gasteiger partial charge in [-0.2, -0.15) is 0 Å². The molecule has 0 aromatic heterocycles. The first-order chi connectivity index (χ1) is 7.27. The molecule has 1 aliphatic heterocycles. The highest BCUT2D eigenvalue weighted by molar-refractivity contribution is 4.83. The highest BCUT2D eigenvalue weighted by atomic mass is 15.2. The van der Waals surface area contributed by atoms with E-state index < -0.39 is 0 Å². The molecule has 0 amide bonds. The maximum atomic E-state index is 3.53. The minimum Gasteiger partial charge on any atom is -0.312 e. The standard InChI is InChI=1S/C13H26N2/c1-11-10-15(9-8-14-11)12(2)13-6-4-3-5-7-13/h11-14H,3-10H2,1-2H3. The molecular weight excluding hydrogens is 184 g/mol. The second-order valence-corrected chi connectivity index (χ2v) is 5.49. The van der Waals surface area contributed by atoms with E-state index in [4.69, 9.17) is 0 Å². The van der Waals surface area contributed by atoms with Gasteiger partial charge in [0, 0.05) is 31.7 Å². The number of rotatable bonds is 2. The van der Waals surface area contributed by atoms with Crippen LogP contribution in [0.15, 0.2) is 0 Å². The van der Waals surface area contributed by atoms with Gasteiger partial charge >= 0.3 is 0 Å². The van der Waals surface area contributed by atoms with Crippen LogP contribution in [0.1, 0.15) is 46.0 Å². The quantitative estimate of drug-likeness (QED) is 0.752. The number of nitrogens with zero attached hydrogens (tertiary/aromatic N) is 1. The van der Waals surface area contributed by atoms with Gasteiger partial charge in [0.1, 0.15) is 0 Å². The first kappa shape index (κ1) is 11.4. The Hall–Kier alpha value is -0.0800. The highest BCUT2D eigenvalue weighted by Crippen LogP contribution is 2.29. The van der Waals surface area contributed by atoms with Gasteiger partial charge in [-0.05, 0) is 32.6 Å². The summed E-state index contributed by atoms with van der Waals surface area (Å²) in [5, 5.41) is 3.53. The summed E-state index contributed by atoms with van der Waals surface area (Å²) < 4.78 is 0. The molecule has 15 heavy (non-hydrogen) atoms. The molecule has 2 atom stereocenters. The average molecular weight is 210 g/mol. The van der Waals surface area contributed by atoms with Gasteiger partial charge in [0.15, 0.2) is 0 Å². The van der Waals surface area contributed by atoms with Crippen LogP contribution < -0.4 is 5.32 Å². The molecule has 1 saturated carbocycles. The van der Waals surface area contributed by atoms with Crippen molar-refractivity contribution in [1.82, 2.24) is 10.2 Å². The summed E-state index contributed by atoms with van der Waals surface area (Å²) in [7, 11) is 0. The largest absolute Gasteiger partial charge is 0.312 e. The van der Waals surface area contributed by atoms with Crippen molar-refractivity contribution >= 4 is 0 Å². The summed E-state index contributed by atoms with van der Waals surface area (Å²) >= 11 is 0. The van der Waals surface area contributed by atoms with Crippen molar-refractivity contribution in [2.45, 2.75) is 58.0 Å². The van der Waals surface area contributed by atoms with E-state index >= 15 is 0 Å². The van der Waals surface area contributed by atoms with Crippen molar-refractivity contribution in [2.24, 2.45) is 5.92 Å². The Morgan fingerprint density at radius 1 is 1.20 bits per heavy atom. The zero-order valence-corrected chi connectivity index (χ0v) is 10.3. The maximum Gasteiger partial charge on any atom is 0.0167 e. The molecule has 2 rings (SSSR count). The zero-order valence-electron chi connectivity index (χ0n) is 10.3. The molecule has 0 aromatic carbocycles. The fraction of sp³-hybridized carbons (Fsp3) is 1.00. The molecule has 2 heteroatoms. The van der Waals surface area contributed by atoms with Crippen molar-refractivity contribution in [3.8, 4) is 0 Å². The molecule has 2 nitrogen and oxygen atoms in total. The van der Waals surface area contributed by atoms with Gasteiger partial charge in [-0.3, -0.25) is 4.90 Å². The Kier molecular flexibility index (Phi) is 4.04. The molecule has 2 aliphatic rings. The molecule has 1 saturated heterocycles. The van der Waals surface area contributed by atoms with Crippen LogP contribution in [0.2, 0.25) is 0 Å². The van der Waals surface area contributed by atoms with Crippen molar-refractivity contribution in [3.05, 3.63) is 0 Å². The van der Waals surface area contributed by atoms with Gasteiger partial charge in [-0.1, -0.05) is 19.3 Å². The van der Waals surface area contributed by atoms with Gasteiger partial charge in [-0.25, -0.2) is 0 Å². The SMILES string of the molecule is CC1CN(C(C)C2CCCCC2)CCN1. The molecule has 2 unspecified atom stereocenters. The van der Waals surface area contributed by atoms with Gasteiger partial charge in [0.05, 0.1) is 0 Å². The van der Waals surface area contributed by atoms with Crippen LogP contribution in [-0.4, -0.2) is 36.6 Å². The molecule has 0 bridgehead atoms. The van der Waals surface area contributed by atoms with Crippen LogP contribution >= 0.6 is 0 Å². The maximum absolute atomic E-state index is 3.53. The number of piperazine rings is 1. The third-order valence-corrected chi connectivity index (χ3v) is 4.31. The molecule has 0 spiro atoms. The van der Waals surface area contributed by atoms with Crippen molar-refractivity contribution < 1.29 is 0 Å². The molecule has 1 aliphatic carbocycles. The lowest BCUT2D eigenvalue weighted by Gasteiger charge is -2.41. The molecule has 1 heterocycles. The normalized spacial score (nSPS) is 32.8. The fourth-order valence-electron chi connectivity index (χ4n) is 3.25. The Morgan fingerprint density at radius 3 is 2.60 bits per heavy atom. The average Bonchev–Trinajstić information content (AvgIpc) is 2.29. The smallest absolute Gasteiger partial charge is 0.0167 e. The molecule has 2 fully saturated rings. The minimum atomic E-state index is 0.685. The number of hydrogen-bond acceptors (Lipinski definition) is 2. The lowest BCUT2D eigenvalue weighted by atomic mass is 9.83. The van der Waals surface area contributed by atoms with Gasteiger partial charge in [0.2, 0.25) is 0 Å². The Balaban J connectivity index is 1.85. The van der Waals surface area contributed by atoms with Crippen molar-refractivity contribution in [2.75, 3.05) is 19.6 Å². The monoisotopic (exact) mass is 210 g/mol.